The van der Waals surface area contributed by atoms with Gasteiger partial charge < -0.3 is 5.32 Å². The molecule has 2 aromatic rings. The Morgan fingerprint density at radius 3 is 2.48 bits per heavy atom. The Bertz CT molecular complexity index is 655. The number of rotatable bonds is 4. The molecule has 0 bridgehead atoms. The third-order valence-corrected chi connectivity index (χ3v) is 4.41. The first-order valence-corrected chi connectivity index (χ1v) is 7.69. The fourth-order valence-corrected chi connectivity index (χ4v) is 2.91. The highest BCUT2D eigenvalue weighted by Gasteiger charge is 2.21. The summed E-state index contributed by atoms with van der Waals surface area (Å²) in [5.41, 5.74) is 3.39. The molecule has 0 saturated heterocycles. The Labute approximate surface area is 132 Å². The van der Waals surface area contributed by atoms with Gasteiger partial charge in [-0.25, -0.2) is 8.78 Å². The van der Waals surface area contributed by atoms with Crippen LogP contribution in [0.1, 0.15) is 35.2 Å². The SMILES string of the molecule is CCNC(c1cc(C)c(Br)cc1C)c1cccc(F)c1F. The minimum Gasteiger partial charge on any atom is -0.306 e. The first kappa shape index (κ1) is 16.1. The van der Waals surface area contributed by atoms with Crippen molar-refractivity contribution in [3.8, 4) is 0 Å². The van der Waals surface area contributed by atoms with Crippen LogP contribution in [0.5, 0.6) is 0 Å². The predicted molar refractivity (Wildman–Crippen MR) is 85.5 cm³/mol. The lowest BCUT2D eigenvalue weighted by atomic mass is 9.93. The molecule has 0 saturated carbocycles. The zero-order valence-electron chi connectivity index (χ0n) is 12.3. The average molecular weight is 354 g/mol. The molecular weight excluding hydrogens is 336 g/mol. The molecule has 1 atom stereocenters. The summed E-state index contributed by atoms with van der Waals surface area (Å²) in [6.07, 6.45) is 0. The molecule has 0 amide bonds. The van der Waals surface area contributed by atoms with Crippen molar-refractivity contribution in [3.05, 3.63) is 68.7 Å². The molecule has 0 radical (unpaired) electrons. The maximum atomic E-state index is 14.1. The number of benzene rings is 2. The van der Waals surface area contributed by atoms with Gasteiger partial charge in [0, 0.05) is 10.0 Å². The van der Waals surface area contributed by atoms with E-state index >= 15 is 0 Å². The van der Waals surface area contributed by atoms with E-state index in [4.69, 9.17) is 0 Å². The molecule has 0 aliphatic rings. The van der Waals surface area contributed by atoms with Crippen molar-refractivity contribution in [3.63, 3.8) is 0 Å². The van der Waals surface area contributed by atoms with Crippen LogP contribution in [0.4, 0.5) is 8.78 Å². The van der Waals surface area contributed by atoms with Crippen LogP contribution in [0.15, 0.2) is 34.8 Å². The van der Waals surface area contributed by atoms with E-state index in [1.165, 1.54) is 0 Å². The Hall–Kier alpha value is -1.26. The Balaban J connectivity index is 2.59. The van der Waals surface area contributed by atoms with Crippen LogP contribution in [-0.4, -0.2) is 6.54 Å². The summed E-state index contributed by atoms with van der Waals surface area (Å²) in [6, 6.07) is 7.96. The van der Waals surface area contributed by atoms with Crippen LogP contribution < -0.4 is 5.32 Å². The smallest absolute Gasteiger partial charge is 0.163 e. The lowest BCUT2D eigenvalue weighted by Crippen LogP contribution is -2.24. The van der Waals surface area contributed by atoms with Crippen molar-refractivity contribution < 1.29 is 8.78 Å². The summed E-state index contributed by atoms with van der Waals surface area (Å²) in [4.78, 5) is 0. The molecule has 0 fully saturated rings. The third-order valence-electron chi connectivity index (χ3n) is 3.56. The zero-order chi connectivity index (χ0) is 15.6. The molecule has 0 heterocycles. The molecule has 21 heavy (non-hydrogen) atoms. The molecule has 2 rings (SSSR count). The fourth-order valence-electron chi connectivity index (χ4n) is 2.45. The second-order valence-electron chi connectivity index (χ2n) is 5.09. The minimum atomic E-state index is -0.818. The number of halogens is 3. The number of hydrogen-bond acceptors (Lipinski definition) is 1. The van der Waals surface area contributed by atoms with Gasteiger partial charge >= 0.3 is 0 Å². The summed E-state index contributed by atoms with van der Waals surface area (Å²) in [6.45, 7) is 6.57. The van der Waals surface area contributed by atoms with Gasteiger partial charge in [-0.3, -0.25) is 0 Å². The van der Waals surface area contributed by atoms with Gasteiger partial charge in [0.1, 0.15) is 0 Å². The molecule has 1 N–H and O–H groups in total. The van der Waals surface area contributed by atoms with E-state index < -0.39 is 11.6 Å². The molecule has 0 aromatic heterocycles. The van der Waals surface area contributed by atoms with Gasteiger partial charge in [0.2, 0.25) is 0 Å². The summed E-state index contributed by atoms with van der Waals surface area (Å²) in [5.74, 6) is -1.61. The fraction of sp³-hybridized carbons (Fsp3) is 0.294. The predicted octanol–water partition coefficient (Wildman–Crippen LogP) is 5.04. The number of aryl methyl sites for hydroxylation is 2. The Kier molecular flexibility index (Phi) is 5.12. The monoisotopic (exact) mass is 353 g/mol. The van der Waals surface area contributed by atoms with Crippen LogP contribution in [-0.2, 0) is 0 Å². The van der Waals surface area contributed by atoms with Crippen LogP contribution in [0.25, 0.3) is 0 Å². The van der Waals surface area contributed by atoms with Crippen LogP contribution in [0.2, 0.25) is 0 Å². The van der Waals surface area contributed by atoms with Crippen molar-refractivity contribution in [2.45, 2.75) is 26.8 Å². The molecule has 0 aliphatic carbocycles. The molecule has 4 heteroatoms. The molecular formula is C17H18BrF2N. The standard InChI is InChI=1S/C17H18BrF2N/c1-4-21-17(12-6-5-7-15(19)16(12)20)13-8-11(3)14(18)9-10(13)2/h5-9,17,21H,4H2,1-3H3. The molecule has 112 valence electrons. The Morgan fingerprint density at radius 1 is 1.10 bits per heavy atom. The topological polar surface area (TPSA) is 12.0 Å². The van der Waals surface area contributed by atoms with E-state index in [2.05, 4.69) is 21.2 Å². The van der Waals surface area contributed by atoms with Crippen LogP contribution in [0, 0.1) is 25.5 Å². The maximum absolute atomic E-state index is 14.1. The minimum absolute atomic E-state index is 0.335. The first-order chi connectivity index (χ1) is 9.95. The maximum Gasteiger partial charge on any atom is 0.163 e. The Morgan fingerprint density at radius 2 is 1.81 bits per heavy atom. The van der Waals surface area contributed by atoms with Gasteiger partial charge in [-0.2, -0.15) is 0 Å². The molecule has 0 spiro atoms. The van der Waals surface area contributed by atoms with Gasteiger partial charge in [0.05, 0.1) is 6.04 Å². The van der Waals surface area contributed by atoms with Crippen molar-refractivity contribution in [2.75, 3.05) is 6.54 Å². The van der Waals surface area contributed by atoms with Gasteiger partial charge in [0.15, 0.2) is 11.6 Å². The number of nitrogens with one attached hydrogen (secondary N) is 1. The van der Waals surface area contributed by atoms with Crippen molar-refractivity contribution in [1.82, 2.24) is 5.32 Å². The highest BCUT2D eigenvalue weighted by Crippen LogP contribution is 2.31. The summed E-state index contributed by atoms with van der Waals surface area (Å²) < 4.78 is 28.7. The van der Waals surface area contributed by atoms with Crippen LogP contribution >= 0.6 is 15.9 Å². The average Bonchev–Trinajstić information content (AvgIpc) is 2.44. The zero-order valence-corrected chi connectivity index (χ0v) is 13.9. The summed E-state index contributed by atoms with van der Waals surface area (Å²) in [5, 5.41) is 3.25. The summed E-state index contributed by atoms with van der Waals surface area (Å²) >= 11 is 3.50. The summed E-state index contributed by atoms with van der Waals surface area (Å²) in [7, 11) is 0. The largest absolute Gasteiger partial charge is 0.306 e. The molecule has 1 nitrogen and oxygen atoms in total. The third kappa shape index (κ3) is 3.33. The highest BCUT2D eigenvalue weighted by molar-refractivity contribution is 9.10. The van der Waals surface area contributed by atoms with Gasteiger partial charge in [-0.15, -0.1) is 0 Å². The molecule has 1 unspecified atom stereocenters. The lowest BCUT2D eigenvalue weighted by molar-refractivity contribution is 0.482. The normalized spacial score (nSPS) is 12.5. The second-order valence-corrected chi connectivity index (χ2v) is 5.95. The van der Waals surface area contributed by atoms with E-state index in [1.54, 1.807) is 12.1 Å². The highest BCUT2D eigenvalue weighted by atomic mass is 79.9. The molecule has 2 aromatic carbocycles. The van der Waals surface area contributed by atoms with Crippen molar-refractivity contribution >= 4 is 15.9 Å². The van der Waals surface area contributed by atoms with E-state index in [1.807, 2.05) is 32.9 Å². The van der Waals surface area contributed by atoms with Crippen molar-refractivity contribution in [2.24, 2.45) is 0 Å². The van der Waals surface area contributed by atoms with Gasteiger partial charge in [-0.05, 0) is 49.2 Å². The number of hydrogen-bond donors (Lipinski definition) is 1. The van der Waals surface area contributed by atoms with Gasteiger partial charge in [-0.1, -0.05) is 41.1 Å². The second kappa shape index (κ2) is 6.67. The lowest BCUT2D eigenvalue weighted by Gasteiger charge is -2.22. The first-order valence-electron chi connectivity index (χ1n) is 6.89. The van der Waals surface area contributed by atoms with Gasteiger partial charge in [0.25, 0.3) is 0 Å². The van der Waals surface area contributed by atoms with E-state index in [0.717, 1.165) is 27.2 Å². The van der Waals surface area contributed by atoms with Crippen molar-refractivity contribution in [1.29, 1.82) is 0 Å². The quantitative estimate of drug-likeness (QED) is 0.811. The van der Waals surface area contributed by atoms with E-state index in [0.29, 0.717) is 12.1 Å². The van der Waals surface area contributed by atoms with E-state index in [9.17, 15) is 8.78 Å². The molecule has 0 aliphatic heterocycles. The van der Waals surface area contributed by atoms with E-state index in [-0.39, 0.29) is 6.04 Å². The van der Waals surface area contributed by atoms with Crippen LogP contribution in [0.3, 0.4) is 0 Å².